The van der Waals surface area contributed by atoms with E-state index in [9.17, 15) is 9.59 Å². The minimum absolute atomic E-state index is 0.0448. The van der Waals surface area contributed by atoms with Crippen molar-refractivity contribution < 1.29 is 13.9 Å². The lowest BCUT2D eigenvalue weighted by Gasteiger charge is -2.15. The molecule has 1 atom stereocenters. The third kappa shape index (κ3) is 4.54. The van der Waals surface area contributed by atoms with Crippen molar-refractivity contribution >= 4 is 45.4 Å². The number of amides is 1. The second kappa shape index (κ2) is 9.41. The monoisotopic (exact) mass is 463 g/mol. The van der Waals surface area contributed by atoms with E-state index in [0.717, 1.165) is 30.3 Å². The molecule has 1 amide bonds. The van der Waals surface area contributed by atoms with E-state index in [1.54, 1.807) is 4.57 Å². The van der Waals surface area contributed by atoms with Gasteiger partial charge in [0.25, 0.3) is 5.56 Å². The van der Waals surface area contributed by atoms with Crippen LogP contribution in [0.4, 0.5) is 5.69 Å². The van der Waals surface area contributed by atoms with Crippen LogP contribution in [0.1, 0.15) is 25.3 Å². The number of carbonyl (C=O) groups is 1. The number of thioether (sulfide) groups is 1. The first-order valence-corrected chi connectivity index (χ1v) is 12.2. The Kier molecular flexibility index (Phi) is 6.20. The summed E-state index contributed by atoms with van der Waals surface area (Å²) in [6.45, 7) is 3.18. The van der Waals surface area contributed by atoms with Gasteiger partial charge in [0.1, 0.15) is 11.1 Å². The topological polar surface area (TPSA) is 86.4 Å². The molecule has 8 heteroatoms. The molecule has 7 nitrogen and oxygen atoms in total. The number of aromatic nitrogens is 2. The van der Waals surface area contributed by atoms with Gasteiger partial charge >= 0.3 is 0 Å². The molecule has 1 unspecified atom stereocenters. The molecule has 170 valence electrons. The number of hydrogen-bond donors (Lipinski definition) is 1. The van der Waals surface area contributed by atoms with E-state index in [0.29, 0.717) is 29.4 Å². The minimum atomic E-state index is -0.246. The van der Waals surface area contributed by atoms with Gasteiger partial charge in [-0.1, -0.05) is 43.0 Å². The number of nitrogens with zero attached hydrogens (tertiary/aromatic N) is 2. The fraction of sp³-hybridized carbons (Fsp3) is 0.320. The molecule has 1 aliphatic heterocycles. The van der Waals surface area contributed by atoms with Crippen LogP contribution in [0, 0.1) is 0 Å². The van der Waals surface area contributed by atoms with Crippen molar-refractivity contribution in [1.29, 1.82) is 0 Å². The summed E-state index contributed by atoms with van der Waals surface area (Å²) in [6.07, 6.45) is 2.77. The van der Waals surface area contributed by atoms with Gasteiger partial charge in [-0.3, -0.25) is 14.2 Å². The molecule has 3 heterocycles. The smallest absolute Gasteiger partial charge is 0.297 e. The zero-order valence-corrected chi connectivity index (χ0v) is 19.2. The fourth-order valence-electron chi connectivity index (χ4n) is 4.07. The second-order valence-electron chi connectivity index (χ2n) is 8.11. The van der Waals surface area contributed by atoms with Crippen molar-refractivity contribution in [1.82, 2.24) is 9.55 Å². The van der Waals surface area contributed by atoms with E-state index in [1.807, 2.05) is 48.5 Å². The third-order valence-electron chi connectivity index (χ3n) is 5.84. The van der Waals surface area contributed by atoms with Crippen LogP contribution in [0.25, 0.3) is 22.1 Å². The lowest BCUT2D eigenvalue weighted by molar-refractivity contribution is -0.113. The van der Waals surface area contributed by atoms with Crippen molar-refractivity contribution in [3.63, 3.8) is 0 Å². The summed E-state index contributed by atoms with van der Waals surface area (Å²) in [4.78, 5) is 30.7. The maximum atomic E-state index is 13.4. The van der Waals surface area contributed by atoms with Crippen LogP contribution >= 0.6 is 11.8 Å². The molecule has 0 saturated carbocycles. The number of fused-ring (bicyclic) bond motifs is 3. The molecular weight excluding hydrogens is 438 g/mol. The first-order chi connectivity index (χ1) is 16.1. The van der Waals surface area contributed by atoms with Crippen LogP contribution in [0.2, 0.25) is 0 Å². The largest absolute Gasteiger partial charge is 0.448 e. The highest BCUT2D eigenvalue weighted by Crippen LogP contribution is 2.28. The zero-order chi connectivity index (χ0) is 22.8. The number of benzene rings is 2. The normalized spacial score (nSPS) is 16.0. The highest BCUT2D eigenvalue weighted by molar-refractivity contribution is 7.99. The van der Waals surface area contributed by atoms with Gasteiger partial charge in [0, 0.05) is 17.7 Å². The molecule has 1 aliphatic rings. The van der Waals surface area contributed by atoms with Crippen molar-refractivity contribution in [2.75, 3.05) is 17.7 Å². The number of rotatable bonds is 7. The van der Waals surface area contributed by atoms with Gasteiger partial charge in [0.15, 0.2) is 5.16 Å². The molecule has 1 N–H and O–H groups in total. The van der Waals surface area contributed by atoms with Crippen molar-refractivity contribution in [3.05, 3.63) is 64.4 Å². The Morgan fingerprint density at radius 3 is 2.79 bits per heavy atom. The molecule has 2 aromatic heterocycles. The molecular formula is C25H25N3O4S. The highest BCUT2D eigenvalue weighted by Gasteiger charge is 2.23. The Hall–Kier alpha value is -3.10. The Bertz CT molecular complexity index is 1350. The third-order valence-corrected chi connectivity index (χ3v) is 6.81. The molecule has 0 aliphatic carbocycles. The lowest BCUT2D eigenvalue weighted by Crippen LogP contribution is -2.29. The highest BCUT2D eigenvalue weighted by atomic mass is 32.2. The van der Waals surface area contributed by atoms with Crippen LogP contribution < -0.4 is 10.9 Å². The summed E-state index contributed by atoms with van der Waals surface area (Å²) in [5.41, 5.74) is 3.10. The summed E-state index contributed by atoms with van der Waals surface area (Å²) in [5, 5.41) is 4.19. The average Bonchev–Trinajstić information content (AvgIpc) is 3.48. The summed E-state index contributed by atoms with van der Waals surface area (Å²) in [5.74, 6) is -0.0197. The number of nitrogens with one attached hydrogen (secondary N) is 1. The van der Waals surface area contributed by atoms with E-state index < -0.39 is 0 Å². The Morgan fingerprint density at radius 1 is 1.21 bits per heavy atom. The number of anilines is 1. The number of hydrogen-bond acceptors (Lipinski definition) is 6. The van der Waals surface area contributed by atoms with Gasteiger partial charge in [-0.2, -0.15) is 0 Å². The molecule has 1 saturated heterocycles. The average molecular weight is 464 g/mol. The van der Waals surface area contributed by atoms with Crippen LogP contribution in [0.15, 0.2) is 62.9 Å². The molecule has 5 rings (SSSR count). The maximum absolute atomic E-state index is 13.4. The van der Waals surface area contributed by atoms with E-state index in [-0.39, 0.29) is 28.9 Å². The standard InChI is InChI=1S/C25H25N3O4S/c1-2-16-9-11-17(12-10-16)26-21(29)15-33-25-27-22-19-7-3-4-8-20(19)32-23(22)24(30)28(25)14-18-6-5-13-31-18/h3-4,7-12,18H,2,5-6,13-15H2,1H3,(H,26,29). The summed E-state index contributed by atoms with van der Waals surface area (Å²) in [6, 6.07) is 15.3. The Balaban J connectivity index is 1.43. The number of carbonyl (C=O) groups excluding carboxylic acids is 1. The van der Waals surface area contributed by atoms with Gasteiger partial charge in [0.05, 0.1) is 18.4 Å². The van der Waals surface area contributed by atoms with E-state index in [1.165, 1.54) is 17.3 Å². The van der Waals surface area contributed by atoms with Gasteiger partial charge < -0.3 is 14.5 Å². The van der Waals surface area contributed by atoms with E-state index in [4.69, 9.17) is 14.1 Å². The summed E-state index contributed by atoms with van der Waals surface area (Å²) >= 11 is 1.25. The summed E-state index contributed by atoms with van der Waals surface area (Å²) in [7, 11) is 0. The SMILES string of the molecule is CCc1ccc(NC(=O)CSc2nc3c(oc4ccccc43)c(=O)n2CC2CCCO2)cc1. The number of para-hydroxylation sites is 1. The van der Waals surface area contributed by atoms with Crippen LogP contribution in [-0.2, 0) is 22.5 Å². The van der Waals surface area contributed by atoms with Crippen molar-refractivity contribution in [2.45, 2.75) is 44.0 Å². The quantitative estimate of drug-likeness (QED) is 0.318. The molecule has 0 radical (unpaired) electrons. The zero-order valence-electron chi connectivity index (χ0n) is 18.4. The molecule has 0 spiro atoms. The molecule has 1 fully saturated rings. The number of ether oxygens (including phenoxy) is 1. The predicted molar refractivity (Wildman–Crippen MR) is 130 cm³/mol. The van der Waals surface area contributed by atoms with Gasteiger partial charge in [-0.25, -0.2) is 4.98 Å². The van der Waals surface area contributed by atoms with Gasteiger partial charge in [0.2, 0.25) is 11.5 Å². The molecule has 33 heavy (non-hydrogen) atoms. The van der Waals surface area contributed by atoms with Crippen LogP contribution in [0.5, 0.6) is 0 Å². The van der Waals surface area contributed by atoms with Gasteiger partial charge in [-0.15, -0.1) is 0 Å². The van der Waals surface area contributed by atoms with Crippen molar-refractivity contribution in [3.8, 4) is 0 Å². The van der Waals surface area contributed by atoms with Crippen LogP contribution in [-0.4, -0.2) is 33.9 Å². The Morgan fingerprint density at radius 2 is 2.03 bits per heavy atom. The fourth-order valence-corrected chi connectivity index (χ4v) is 4.87. The van der Waals surface area contributed by atoms with Gasteiger partial charge in [-0.05, 0) is 49.1 Å². The Labute approximate surface area is 195 Å². The first kappa shape index (κ1) is 21.7. The van der Waals surface area contributed by atoms with E-state index >= 15 is 0 Å². The molecule has 4 aromatic rings. The minimum Gasteiger partial charge on any atom is -0.448 e. The molecule has 0 bridgehead atoms. The van der Waals surface area contributed by atoms with E-state index in [2.05, 4.69) is 12.2 Å². The lowest BCUT2D eigenvalue weighted by atomic mass is 10.1. The number of furan rings is 1. The number of aryl methyl sites for hydroxylation is 1. The predicted octanol–water partition coefficient (Wildman–Crippen LogP) is 4.61. The molecule has 2 aromatic carbocycles. The maximum Gasteiger partial charge on any atom is 0.297 e. The van der Waals surface area contributed by atoms with Crippen LogP contribution in [0.3, 0.4) is 0 Å². The van der Waals surface area contributed by atoms with Crippen molar-refractivity contribution in [2.24, 2.45) is 0 Å². The summed E-state index contributed by atoms with van der Waals surface area (Å²) < 4.78 is 13.2. The first-order valence-electron chi connectivity index (χ1n) is 11.2. The second-order valence-corrected chi connectivity index (χ2v) is 9.05.